The average molecular weight is 360 g/mol. The number of ether oxygens (including phenoxy) is 1. The molecule has 0 aliphatic heterocycles. The van der Waals surface area contributed by atoms with Gasteiger partial charge in [0.2, 0.25) is 0 Å². The molecule has 0 saturated heterocycles. The van der Waals surface area contributed by atoms with Crippen LogP contribution in [0.2, 0.25) is 0 Å². The number of carbonyl (C=O) groups is 1. The van der Waals surface area contributed by atoms with Crippen LogP contribution in [-0.2, 0) is 14.6 Å². The Labute approximate surface area is 144 Å². The number of hydrogen-bond donors (Lipinski definition) is 2. The van der Waals surface area contributed by atoms with Crippen LogP contribution in [0.4, 0.5) is 5.69 Å². The zero-order valence-electron chi connectivity index (χ0n) is 13.4. The molecule has 2 N–H and O–H groups in total. The second kappa shape index (κ2) is 6.99. The van der Waals surface area contributed by atoms with E-state index in [1.54, 1.807) is 18.2 Å². The third-order valence-corrected chi connectivity index (χ3v) is 5.30. The average Bonchev–Trinajstić information content (AvgIpc) is 3.08. The molecule has 1 heterocycles. The molecule has 1 aromatic heterocycles. The lowest BCUT2D eigenvalue weighted by atomic mass is 10.2. The quantitative estimate of drug-likeness (QED) is 0.690. The molecule has 1 amide bonds. The van der Waals surface area contributed by atoms with Gasteiger partial charge in [0.15, 0.2) is 9.84 Å². The predicted octanol–water partition coefficient (Wildman–Crippen LogP) is 1.63. The molecule has 3 aromatic rings. The van der Waals surface area contributed by atoms with E-state index in [-0.39, 0.29) is 23.2 Å². The van der Waals surface area contributed by atoms with Crippen molar-refractivity contribution >= 4 is 32.5 Å². The van der Waals surface area contributed by atoms with Crippen LogP contribution in [0.25, 0.3) is 11.0 Å². The summed E-state index contributed by atoms with van der Waals surface area (Å²) in [5.74, 6) is -0.448. The van der Waals surface area contributed by atoms with Crippen molar-refractivity contribution in [1.82, 2.24) is 15.4 Å². The molecule has 0 spiro atoms. The summed E-state index contributed by atoms with van der Waals surface area (Å²) in [6.07, 6.45) is 0. The first-order valence-corrected chi connectivity index (χ1v) is 9.08. The van der Waals surface area contributed by atoms with E-state index >= 15 is 0 Å². The van der Waals surface area contributed by atoms with Gasteiger partial charge >= 0.3 is 0 Å². The number of hydrogen-bond acceptors (Lipinski definition) is 6. The van der Waals surface area contributed by atoms with Crippen LogP contribution in [0.15, 0.2) is 47.4 Å². The Morgan fingerprint density at radius 2 is 1.84 bits per heavy atom. The number of nitrogens with zero attached hydrogens (tertiary/aromatic N) is 2. The smallest absolute Gasteiger partial charge is 0.255 e. The number of amides is 1. The van der Waals surface area contributed by atoms with Crippen molar-refractivity contribution in [2.75, 3.05) is 24.8 Å². The van der Waals surface area contributed by atoms with Gasteiger partial charge in [-0.1, -0.05) is 0 Å². The first-order valence-electron chi connectivity index (χ1n) is 7.43. The maximum Gasteiger partial charge on any atom is 0.255 e. The largest absolute Gasteiger partial charge is 0.384 e. The number of carbonyl (C=O) groups excluding carboxylic acids is 1. The van der Waals surface area contributed by atoms with Crippen LogP contribution in [0, 0.1) is 0 Å². The Hall–Kier alpha value is -2.78. The van der Waals surface area contributed by atoms with Crippen LogP contribution < -0.4 is 5.32 Å². The molecule has 0 unspecified atom stereocenters. The highest BCUT2D eigenvalue weighted by molar-refractivity contribution is 7.91. The second-order valence-corrected chi connectivity index (χ2v) is 7.43. The Bertz CT molecular complexity index is 996. The first kappa shape index (κ1) is 17.1. The minimum absolute atomic E-state index is 0.104. The van der Waals surface area contributed by atoms with Crippen molar-refractivity contribution in [3.63, 3.8) is 0 Å². The molecule has 9 heteroatoms. The van der Waals surface area contributed by atoms with E-state index in [9.17, 15) is 13.2 Å². The highest BCUT2D eigenvalue weighted by Gasteiger charge is 2.15. The zero-order valence-corrected chi connectivity index (χ0v) is 14.2. The topological polar surface area (TPSA) is 114 Å². The lowest BCUT2D eigenvalue weighted by Crippen LogP contribution is -2.14. The van der Waals surface area contributed by atoms with Gasteiger partial charge in [0.1, 0.15) is 11.0 Å². The van der Waals surface area contributed by atoms with E-state index in [1.807, 2.05) is 0 Å². The van der Waals surface area contributed by atoms with Gasteiger partial charge in [-0.2, -0.15) is 15.4 Å². The van der Waals surface area contributed by atoms with Gasteiger partial charge < -0.3 is 10.1 Å². The van der Waals surface area contributed by atoms with Gasteiger partial charge in [-0.05, 0) is 42.5 Å². The lowest BCUT2D eigenvalue weighted by Gasteiger charge is -2.07. The zero-order chi connectivity index (χ0) is 17.9. The van der Waals surface area contributed by atoms with Gasteiger partial charge in [0.05, 0.1) is 17.3 Å². The number of nitrogens with one attached hydrogen (secondary N) is 2. The van der Waals surface area contributed by atoms with Gasteiger partial charge in [-0.15, -0.1) is 0 Å². The molecule has 0 aliphatic carbocycles. The predicted molar refractivity (Wildman–Crippen MR) is 92.2 cm³/mol. The van der Waals surface area contributed by atoms with Crippen LogP contribution in [0.5, 0.6) is 0 Å². The van der Waals surface area contributed by atoms with E-state index in [4.69, 9.17) is 4.74 Å². The fraction of sp³-hybridized carbons (Fsp3) is 0.188. The Balaban J connectivity index is 1.74. The van der Waals surface area contributed by atoms with Crippen molar-refractivity contribution in [2.24, 2.45) is 0 Å². The third-order valence-electron chi connectivity index (χ3n) is 3.61. The first-order chi connectivity index (χ1) is 12.0. The summed E-state index contributed by atoms with van der Waals surface area (Å²) in [6.45, 7) is 0.120. The summed E-state index contributed by atoms with van der Waals surface area (Å²) < 4.78 is 28.9. The van der Waals surface area contributed by atoms with Crippen LogP contribution in [0.3, 0.4) is 0 Å². The maximum atomic E-state index is 12.3. The molecule has 130 valence electrons. The summed E-state index contributed by atoms with van der Waals surface area (Å²) in [5, 5.41) is 13.1. The molecular formula is C16H16N4O4S. The summed E-state index contributed by atoms with van der Waals surface area (Å²) in [4.78, 5) is 12.5. The summed E-state index contributed by atoms with van der Waals surface area (Å²) in [5.41, 5.74) is 2.26. The Morgan fingerprint density at radius 3 is 2.56 bits per heavy atom. The van der Waals surface area contributed by atoms with Crippen molar-refractivity contribution in [2.45, 2.75) is 4.90 Å². The molecule has 0 radical (unpaired) electrons. The number of anilines is 1. The highest BCUT2D eigenvalue weighted by Crippen LogP contribution is 2.17. The van der Waals surface area contributed by atoms with Crippen molar-refractivity contribution in [1.29, 1.82) is 0 Å². The van der Waals surface area contributed by atoms with Gasteiger partial charge in [0.25, 0.3) is 5.91 Å². The fourth-order valence-electron chi connectivity index (χ4n) is 2.25. The second-order valence-electron chi connectivity index (χ2n) is 5.32. The molecule has 25 heavy (non-hydrogen) atoms. The number of sulfone groups is 1. The normalized spacial score (nSPS) is 11.6. The monoisotopic (exact) mass is 360 g/mol. The van der Waals surface area contributed by atoms with Gasteiger partial charge in [-0.3, -0.25) is 4.79 Å². The van der Waals surface area contributed by atoms with Crippen LogP contribution >= 0.6 is 0 Å². The number of methoxy groups -OCH3 is 1. The van der Waals surface area contributed by atoms with Gasteiger partial charge in [-0.25, -0.2) is 8.42 Å². The number of fused-ring (bicyclic) bond motifs is 1. The van der Waals surface area contributed by atoms with E-state index in [0.29, 0.717) is 22.3 Å². The minimum Gasteiger partial charge on any atom is -0.384 e. The molecule has 0 fully saturated rings. The SMILES string of the molecule is COCCS(=O)(=O)c1ccc(C(=O)Nc2ccc3n[nH]nc3c2)cc1. The number of aromatic nitrogens is 3. The molecule has 0 aliphatic rings. The molecule has 0 atom stereocenters. The van der Waals surface area contributed by atoms with Gasteiger partial charge in [0, 0.05) is 18.4 Å². The summed E-state index contributed by atoms with van der Waals surface area (Å²) in [6, 6.07) is 10.9. The number of rotatable bonds is 6. The molecule has 2 aromatic carbocycles. The molecular weight excluding hydrogens is 344 g/mol. The Kier molecular flexibility index (Phi) is 4.77. The summed E-state index contributed by atoms with van der Waals surface area (Å²) >= 11 is 0. The number of H-pyrrole nitrogens is 1. The third kappa shape index (κ3) is 3.83. The van der Waals surface area contributed by atoms with E-state index in [0.717, 1.165) is 0 Å². The van der Waals surface area contributed by atoms with E-state index < -0.39 is 9.84 Å². The summed E-state index contributed by atoms with van der Waals surface area (Å²) in [7, 11) is -1.97. The highest BCUT2D eigenvalue weighted by atomic mass is 32.2. The van der Waals surface area contributed by atoms with Crippen molar-refractivity contribution in [3.05, 3.63) is 48.0 Å². The molecule has 8 nitrogen and oxygen atoms in total. The number of aromatic amines is 1. The molecule has 0 saturated carbocycles. The van der Waals surface area contributed by atoms with Crippen molar-refractivity contribution in [3.8, 4) is 0 Å². The van der Waals surface area contributed by atoms with E-state index in [1.165, 1.54) is 31.4 Å². The maximum absolute atomic E-state index is 12.3. The molecule has 0 bridgehead atoms. The molecule has 3 rings (SSSR count). The lowest BCUT2D eigenvalue weighted by molar-refractivity contribution is 0.102. The van der Waals surface area contributed by atoms with Crippen LogP contribution in [0.1, 0.15) is 10.4 Å². The standard InChI is InChI=1S/C16H16N4O4S/c1-24-8-9-25(22,23)13-5-2-11(3-6-13)16(21)17-12-4-7-14-15(10-12)19-20-18-14/h2-7,10H,8-9H2,1H3,(H,17,21)(H,18,19,20). The minimum atomic E-state index is -3.42. The van der Waals surface area contributed by atoms with Crippen LogP contribution in [-0.4, -0.2) is 49.2 Å². The fourth-order valence-corrected chi connectivity index (χ4v) is 3.42. The Morgan fingerprint density at radius 1 is 1.12 bits per heavy atom. The van der Waals surface area contributed by atoms with E-state index in [2.05, 4.69) is 20.7 Å². The van der Waals surface area contributed by atoms with Crippen molar-refractivity contribution < 1.29 is 17.9 Å². The number of benzene rings is 2.